The quantitative estimate of drug-likeness (QED) is 0.574. The van der Waals surface area contributed by atoms with Gasteiger partial charge in [0.2, 0.25) is 0 Å². The van der Waals surface area contributed by atoms with Gasteiger partial charge in [0.15, 0.2) is 0 Å². The minimum absolute atomic E-state index is 0.612. The molecule has 0 aromatic heterocycles. The highest BCUT2D eigenvalue weighted by molar-refractivity contribution is 5.93. The van der Waals surface area contributed by atoms with E-state index in [1.54, 1.807) is 0 Å². The molecular weight excluding hydrogens is 266 g/mol. The molecule has 0 heterocycles. The fourth-order valence-electron chi connectivity index (χ4n) is 2.85. The van der Waals surface area contributed by atoms with Gasteiger partial charge >= 0.3 is 6.03 Å². The lowest BCUT2D eigenvalue weighted by Gasteiger charge is -2.33. The van der Waals surface area contributed by atoms with Gasteiger partial charge in [0.05, 0.1) is 5.71 Å². The zero-order valence-electron chi connectivity index (χ0n) is 12.2. The van der Waals surface area contributed by atoms with Gasteiger partial charge in [-0.3, -0.25) is 0 Å². The van der Waals surface area contributed by atoms with Crippen molar-refractivity contribution in [2.45, 2.75) is 50.5 Å². The van der Waals surface area contributed by atoms with Crippen LogP contribution in [0, 0.1) is 0 Å². The second-order valence-corrected chi connectivity index (χ2v) is 5.61. The standard InChI is InChI=1S/C16H23N3O2/c17-15(20)19-18-14(16(21)11-5-2-6-12-16)10-9-13-7-3-1-4-8-13/h1,3-4,7-8,21H,2,5-6,9-12H2,(H3,17,19,20)/b18-14+. The first-order valence-corrected chi connectivity index (χ1v) is 7.49. The Morgan fingerprint density at radius 1 is 1.24 bits per heavy atom. The molecule has 0 atom stereocenters. The number of aliphatic hydroxyl groups is 1. The molecule has 0 saturated heterocycles. The summed E-state index contributed by atoms with van der Waals surface area (Å²) in [7, 11) is 0. The van der Waals surface area contributed by atoms with E-state index in [0.717, 1.165) is 25.7 Å². The number of amides is 2. The van der Waals surface area contributed by atoms with Gasteiger partial charge in [0, 0.05) is 0 Å². The lowest BCUT2D eigenvalue weighted by Crippen LogP contribution is -2.42. The molecular formula is C16H23N3O2. The number of nitrogens with two attached hydrogens (primary N) is 1. The van der Waals surface area contributed by atoms with Crippen LogP contribution in [0.25, 0.3) is 0 Å². The third-order valence-electron chi connectivity index (χ3n) is 4.01. The van der Waals surface area contributed by atoms with E-state index in [0.29, 0.717) is 25.0 Å². The third-order valence-corrected chi connectivity index (χ3v) is 4.01. The molecule has 21 heavy (non-hydrogen) atoms. The SMILES string of the molecule is NC(=O)N/N=C(\CCc1ccccc1)C1(O)CCCCC1. The summed E-state index contributed by atoms with van der Waals surface area (Å²) < 4.78 is 0. The summed E-state index contributed by atoms with van der Waals surface area (Å²) in [5, 5.41) is 14.9. The van der Waals surface area contributed by atoms with Crippen LogP contribution in [-0.2, 0) is 6.42 Å². The van der Waals surface area contributed by atoms with E-state index in [2.05, 4.69) is 10.5 Å². The van der Waals surface area contributed by atoms with Gasteiger partial charge in [0.1, 0.15) is 5.60 Å². The fourth-order valence-corrected chi connectivity index (χ4v) is 2.85. The van der Waals surface area contributed by atoms with Gasteiger partial charge in [-0.15, -0.1) is 0 Å². The predicted octanol–water partition coefficient (Wildman–Crippen LogP) is 2.34. The van der Waals surface area contributed by atoms with Gasteiger partial charge < -0.3 is 10.8 Å². The van der Waals surface area contributed by atoms with E-state index in [1.165, 1.54) is 5.56 Å². The Bertz CT molecular complexity index is 494. The average molecular weight is 289 g/mol. The molecule has 0 unspecified atom stereocenters. The number of nitrogens with zero attached hydrogens (tertiary/aromatic N) is 1. The van der Waals surface area contributed by atoms with Gasteiger partial charge in [-0.2, -0.15) is 5.10 Å². The molecule has 1 fully saturated rings. The fraction of sp³-hybridized carbons (Fsp3) is 0.500. The predicted molar refractivity (Wildman–Crippen MR) is 83.0 cm³/mol. The number of primary amides is 1. The first kappa shape index (κ1) is 15.5. The first-order chi connectivity index (χ1) is 10.1. The summed E-state index contributed by atoms with van der Waals surface area (Å²) in [4.78, 5) is 10.9. The van der Waals surface area contributed by atoms with E-state index < -0.39 is 11.6 Å². The van der Waals surface area contributed by atoms with Gasteiger partial charge in [-0.1, -0.05) is 49.6 Å². The van der Waals surface area contributed by atoms with Crippen LogP contribution in [0.2, 0.25) is 0 Å². The van der Waals surface area contributed by atoms with Crippen molar-refractivity contribution in [3.8, 4) is 0 Å². The van der Waals surface area contributed by atoms with Crippen LogP contribution in [0.15, 0.2) is 35.4 Å². The summed E-state index contributed by atoms with van der Waals surface area (Å²) in [6, 6.07) is 9.34. The van der Waals surface area contributed by atoms with E-state index in [4.69, 9.17) is 5.73 Å². The van der Waals surface area contributed by atoms with Crippen molar-refractivity contribution in [2.24, 2.45) is 10.8 Å². The Morgan fingerprint density at radius 3 is 2.52 bits per heavy atom. The average Bonchev–Trinajstić information content (AvgIpc) is 2.48. The number of urea groups is 1. The normalized spacial score (nSPS) is 18.2. The van der Waals surface area contributed by atoms with Crippen LogP contribution < -0.4 is 11.2 Å². The molecule has 4 N–H and O–H groups in total. The number of hydrazone groups is 1. The molecule has 1 saturated carbocycles. The minimum atomic E-state index is -0.907. The van der Waals surface area contributed by atoms with Gasteiger partial charge in [-0.25, -0.2) is 10.2 Å². The van der Waals surface area contributed by atoms with Crippen molar-refractivity contribution in [2.75, 3.05) is 0 Å². The smallest absolute Gasteiger partial charge is 0.332 e. The Kier molecular flexibility index (Phi) is 5.33. The molecule has 0 aliphatic heterocycles. The minimum Gasteiger partial charge on any atom is -0.384 e. The van der Waals surface area contributed by atoms with Crippen LogP contribution in [0.1, 0.15) is 44.1 Å². The molecule has 1 aromatic carbocycles. The molecule has 114 valence electrons. The molecule has 0 radical (unpaired) electrons. The monoisotopic (exact) mass is 289 g/mol. The highest BCUT2D eigenvalue weighted by Crippen LogP contribution is 2.30. The van der Waals surface area contributed by atoms with E-state index >= 15 is 0 Å². The van der Waals surface area contributed by atoms with Gasteiger partial charge in [-0.05, 0) is 31.2 Å². The van der Waals surface area contributed by atoms with Crippen molar-refractivity contribution >= 4 is 11.7 Å². The summed E-state index contributed by atoms with van der Waals surface area (Å²) in [6.45, 7) is 0. The summed E-state index contributed by atoms with van der Waals surface area (Å²) in [6.07, 6.45) is 5.89. The second-order valence-electron chi connectivity index (χ2n) is 5.61. The number of aryl methyl sites for hydroxylation is 1. The zero-order valence-corrected chi connectivity index (χ0v) is 12.2. The van der Waals surface area contributed by atoms with Crippen LogP contribution in [0.4, 0.5) is 4.79 Å². The molecule has 2 amide bonds. The summed E-state index contributed by atoms with van der Waals surface area (Å²) >= 11 is 0. The number of nitrogens with one attached hydrogen (secondary N) is 1. The highest BCUT2D eigenvalue weighted by atomic mass is 16.3. The van der Waals surface area contributed by atoms with E-state index in [1.807, 2.05) is 30.3 Å². The Labute approximate surface area is 125 Å². The maximum Gasteiger partial charge on any atom is 0.332 e. The first-order valence-electron chi connectivity index (χ1n) is 7.49. The number of carbonyl (C=O) groups excluding carboxylic acids is 1. The lowest BCUT2D eigenvalue weighted by molar-refractivity contribution is 0.0684. The van der Waals surface area contributed by atoms with Crippen LogP contribution >= 0.6 is 0 Å². The number of rotatable bonds is 5. The molecule has 0 bridgehead atoms. The Morgan fingerprint density at radius 2 is 1.90 bits per heavy atom. The maximum atomic E-state index is 10.9. The highest BCUT2D eigenvalue weighted by Gasteiger charge is 2.34. The largest absolute Gasteiger partial charge is 0.384 e. The molecule has 1 aliphatic rings. The van der Waals surface area contributed by atoms with E-state index in [-0.39, 0.29) is 0 Å². The number of hydrogen-bond donors (Lipinski definition) is 3. The van der Waals surface area contributed by atoms with Gasteiger partial charge in [0.25, 0.3) is 0 Å². The Balaban J connectivity index is 2.08. The number of hydrogen-bond acceptors (Lipinski definition) is 3. The third kappa shape index (κ3) is 4.56. The molecule has 1 aliphatic carbocycles. The Hall–Kier alpha value is -1.88. The van der Waals surface area contributed by atoms with E-state index in [9.17, 15) is 9.90 Å². The molecule has 0 spiro atoms. The molecule has 5 nitrogen and oxygen atoms in total. The van der Waals surface area contributed by atoms with Crippen molar-refractivity contribution in [3.05, 3.63) is 35.9 Å². The van der Waals surface area contributed by atoms with Crippen LogP contribution in [0.5, 0.6) is 0 Å². The maximum absolute atomic E-state index is 10.9. The molecule has 5 heteroatoms. The number of carbonyl (C=O) groups is 1. The summed E-state index contributed by atoms with van der Waals surface area (Å²) in [5.41, 5.74) is 8.26. The molecule has 2 rings (SSSR count). The number of benzene rings is 1. The summed E-state index contributed by atoms with van der Waals surface area (Å²) in [5.74, 6) is 0. The van der Waals surface area contributed by atoms with Crippen LogP contribution in [0.3, 0.4) is 0 Å². The van der Waals surface area contributed by atoms with Crippen molar-refractivity contribution < 1.29 is 9.90 Å². The second kappa shape index (κ2) is 7.22. The molecule has 1 aromatic rings. The van der Waals surface area contributed by atoms with Crippen molar-refractivity contribution in [1.29, 1.82) is 0 Å². The topological polar surface area (TPSA) is 87.7 Å². The van der Waals surface area contributed by atoms with Crippen molar-refractivity contribution in [3.63, 3.8) is 0 Å². The van der Waals surface area contributed by atoms with Crippen LogP contribution in [-0.4, -0.2) is 22.5 Å². The lowest BCUT2D eigenvalue weighted by atomic mass is 9.79. The zero-order chi connectivity index (χ0) is 15.1. The van der Waals surface area contributed by atoms with Crippen molar-refractivity contribution in [1.82, 2.24) is 5.43 Å².